The van der Waals surface area contributed by atoms with Gasteiger partial charge >= 0.3 is 5.97 Å². The first kappa shape index (κ1) is 16.3. The summed E-state index contributed by atoms with van der Waals surface area (Å²) in [5, 5.41) is 0.517. The summed E-state index contributed by atoms with van der Waals surface area (Å²) in [4.78, 5) is 30.0. The molecule has 0 aliphatic carbocycles. The fourth-order valence-electron chi connectivity index (χ4n) is 1.75. The van der Waals surface area contributed by atoms with Gasteiger partial charge in [0.2, 0.25) is 0 Å². The summed E-state index contributed by atoms with van der Waals surface area (Å²) in [7, 11) is 2.83. The van der Waals surface area contributed by atoms with Crippen LogP contribution in [0.15, 0.2) is 46.3 Å². The number of amidine groups is 1. The largest absolute Gasteiger partial charge is 0.466 e. The molecule has 0 radical (unpaired) electrons. The minimum atomic E-state index is -0.566. The number of methoxy groups -OCH3 is 2. The van der Waals surface area contributed by atoms with Crippen LogP contribution < -0.4 is 0 Å². The molecule has 1 amide bonds. The lowest BCUT2D eigenvalue weighted by Crippen LogP contribution is -2.32. The Kier molecular flexibility index (Phi) is 5.74. The van der Waals surface area contributed by atoms with Gasteiger partial charge in [-0.2, -0.15) is 0 Å². The number of benzene rings is 1. The van der Waals surface area contributed by atoms with Gasteiger partial charge in [-0.15, -0.1) is 0 Å². The Bertz CT molecular complexity index is 613. The Labute approximate surface area is 132 Å². The Morgan fingerprint density at radius 1 is 1.32 bits per heavy atom. The topological polar surface area (TPSA) is 68.2 Å². The van der Waals surface area contributed by atoms with Crippen molar-refractivity contribution in [2.75, 3.05) is 27.4 Å². The van der Waals surface area contributed by atoms with Crippen molar-refractivity contribution in [1.29, 1.82) is 0 Å². The third-order valence-corrected chi connectivity index (χ3v) is 3.84. The number of thioether (sulfide) groups is 1. The quantitative estimate of drug-likeness (QED) is 0.613. The van der Waals surface area contributed by atoms with Gasteiger partial charge in [0.1, 0.15) is 0 Å². The van der Waals surface area contributed by atoms with Gasteiger partial charge in [-0.25, -0.2) is 9.79 Å². The van der Waals surface area contributed by atoms with Crippen LogP contribution in [0.5, 0.6) is 0 Å². The monoisotopic (exact) mass is 320 g/mol. The molecule has 2 rings (SSSR count). The number of esters is 1. The molecule has 1 fully saturated rings. The number of nitrogens with zero attached hydrogens (tertiary/aromatic N) is 2. The molecular weight excluding hydrogens is 304 g/mol. The molecule has 6 nitrogen and oxygen atoms in total. The molecule has 0 N–H and O–H groups in total. The summed E-state index contributed by atoms with van der Waals surface area (Å²) < 4.78 is 9.59. The number of amides is 1. The first-order valence-electron chi connectivity index (χ1n) is 6.57. The maximum atomic E-state index is 12.4. The van der Waals surface area contributed by atoms with E-state index in [1.165, 1.54) is 18.1 Å². The van der Waals surface area contributed by atoms with Crippen LogP contribution >= 0.6 is 11.8 Å². The summed E-state index contributed by atoms with van der Waals surface area (Å²) in [6, 6.07) is 9.31. The summed E-state index contributed by atoms with van der Waals surface area (Å²) in [5.74, 6) is -0.842. The highest BCUT2D eigenvalue weighted by molar-refractivity contribution is 8.18. The van der Waals surface area contributed by atoms with Crippen LogP contribution in [0.1, 0.15) is 0 Å². The molecule has 1 aromatic rings. The number of aliphatic imine (C=N–C) groups is 1. The number of para-hydroxylation sites is 1. The normalized spacial score (nSPS) is 18.3. The summed E-state index contributed by atoms with van der Waals surface area (Å²) >= 11 is 1.15. The molecule has 0 spiro atoms. The van der Waals surface area contributed by atoms with Gasteiger partial charge in [-0.3, -0.25) is 9.69 Å². The zero-order valence-corrected chi connectivity index (χ0v) is 13.1. The van der Waals surface area contributed by atoms with E-state index in [0.29, 0.717) is 18.3 Å². The van der Waals surface area contributed by atoms with Gasteiger partial charge in [-0.1, -0.05) is 18.2 Å². The van der Waals surface area contributed by atoms with Gasteiger partial charge < -0.3 is 9.47 Å². The molecule has 1 saturated heterocycles. The highest BCUT2D eigenvalue weighted by Gasteiger charge is 2.33. The lowest BCUT2D eigenvalue weighted by Gasteiger charge is -2.14. The van der Waals surface area contributed by atoms with E-state index in [-0.39, 0.29) is 10.8 Å². The minimum Gasteiger partial charge on any atom is -0.466 e. The molecule has 7 heteroatoms. The lowest BCUT2D eigenvalue weighted by molar-refractivity contribution is -0.135. The second kappa shape index (κ2) is 7.77. The molecule has 0 aromatic heterocycles. The summed E-state index contributed by atoms with van der Waals surface area (Å²) in [5.41, 5.74) is 0.736. The molecule has 116 valence electrons. The molecule has 1 aliphatic rings. The standard InChI is InChI=1S/C15H16N2O4S/c1-20-9-8-17-14(19)12(10-13(18)21-2)22-15(17)16-11-6-4-3-5-7-11/h3-7,10H,8-9H2,1-2H3. The predicted molar refractivity (Wildman–Crippen MR) is 84.8 cm³/mol. The number of hydrogen-bond acceptors (Lipinski definition) is 6. The van der Waals surface area contributed by atoms with Gasteiger partial charge in [0.05, 0.1) is 30.9 Å². The Morgan fingerprint density at radius 2 is 2.05 bits per heavy atom. The maximum Gasteiger partial charge on any atom is 0.331 e. The minimum absolute atomic E-state index is 0.276. The summed E-state index contributed by atoms with van der Waals surface area (Å²) in [6.45, 7) is 0.748. The highest BCUT2D eigenvalue weighted by Crippen LogP contribution is 2.32. The average molecular weight is 320 g/mol. The molecular formula is C15H16N2O4S. The smallest absolute Gasteiger partial charge is 0.331 e. The van der Waals surface area contributed by atoms with Gasteiger partial charge in [0, 0.05) is 13.2 Å². The molecule has 1 aromatic carbocycles. The van der Waals surface area contributed by atoms with Crippen LogP contribution in [0.3, 0.4) is 0 Å². The van der Waals surface area contributed by atoms with E-state index in [4.69, 9.17) is 4.74 Å². The van der Waals surface area contributed by atoms with E-state index < -0.39 is 5.97 Å². The molecule has 0 saturated carbocycles. The van der Waals surface area contributed by atoms with Crippen LogP contribution in [0.4, 0.5) is 5.69 Å². The van der Waals surface area contributed by atoms with Crippen molar-refractivity contribution >= 4 is 34.5 Å². The Balaban J connectivity index is 2.30. The third-order valence-electron chi connectivity index (χ3n) is 2.84. The van der Waals surface area contributed by atoms with E-state index >= 15 is 0 Å². The van der Waals surface area contributed by atoms with Crippen molar-refractivity contribution in [2.45, 2.75) is 0 Å². The SMILES string of the molecule is COCCN1C(=O)C(=CC(=O)OC)SC1=Nc1ccccc1. The van der Waals surface area contributed by atoms with Crippen molar-refractivity contribution in [2.24, 2.45) is 4.99 Å². The van der Waals surface area contributed by atoms with E-state index in [1.807, 2.05) is 30.3 Å². The first-order valence-corrected chi connectivity index (χ1v) is 7.39. The fourth-order valence-corrected chi connectivity index (χ4v) is 2.73. The average Bonchev–Trinajstić information content (AvgIpc) is 2.81. The number of carbonyl (C=O) groups excluding carboxylic acids is 2. The zero-order chi connectivity index (χ0) is 15.9. The molecule has 0 unspecified atom stereocenters. The van der Waals surface area contributed by atoms with Crippen LogP contribution in [-0.2, 0) is 19.1 Å². The maximum absolute atomic E-state index is 12.4. The van der Waals surface area contributed by atoms with Crippen molar-refractivity contribution < 1.29 is 19.1 Å². The summed E-state index contributed by atoms with van der Waals surface area (Å²) in [6.07, 6.45) is 1.18. The molecule has 0 bridgehead atoms. The van der Waals surface area contributed by atoms with Crippen LogP contribution in [0, 0.1) is 0 Å². The van der Waals surface area contributed by atoms with E-state index in [2.05, 4.69) is 9.73 Å². The number of carbonyl (C=O) groups is 2. The second-order valence-corrected chi connectivity index (χ2v) is 5.32. The van der Waals surface area contributed by atoms with Crippen LogP contribution in [0.2, 0.25) is 0 Å². The van der Waals surface area contributed by atoms with Crippen molar-refractivity contribution in [1.82, 2.24) is 4.90 Å². The van der Waals surface area contributed by atoms with E-state index in [0.717, 1.165) is 17.4 Å². The Morgan fingerprint density at radius 3 is 2.68 bits per heavy atom. The van der Waals surface area contributed by atoms with Crippen molar-refractivity contribution in [3.8, 4) is 0 Å². The van der Waals surface area contributed by atoms with Gasteiger partial charge in [0.15, 0.2) is 5.17 Å². The highest BCUT2D eigenvalue weighted by atomic mass is 32.2. The lowest BCUT2D eigenvalue weighted by atomic mass is 10.3. The Hall–Kier alpha value is -2.12. The predicted octanol–water partition coefficient (Wildman–Crippen LogP) is 1.95. The van der Waals surface area contributed by atoms with Crippen LogP contribution in [0.25, 0.3) is 0 Å². The van der Waals surface area contributed by atoms with Gasteiger partial charge in [-0.05, 0) is 23.9 Å². The van der Waals surface area contributed by atoms with Crippen molar-refractivity contribution in [3.05, 3.63) is 41.3 Å². The van der Waals surface area contributed by atoms with E-state index in [1.54, 1.807) is 7.11 Å². The molecule has 1 heterocycles. The number of hydrogen-bond donors (Lipinski definition) is 0. The zero-order valence-electron chi connectivity index (χ0n) is 12.3. The third kappa shape index (κ3) is 3.96. The first-order chi connectivity index (χ1) is 10.7. The fraction of sp³-hybridized carbons (Fsp3) is 0.267. The molecule has 1 aliphatic heterocycles. The van der Waals surface area contributed by atoms with Crippen LogP contribution in [-0.4, -0.2) is 49.3 Å². The van der Waals surface area contributed by atoms with Gasteiger partial charge in [0.25, 0.3) is 5.91 Å². The number of ether oxygens (including phenoxy) is 2. The second-order valence-electron chi connectivity index (χ2n) is 4.31. The molecule has 0 atom stereocenters. The van der Waals surface area contributed by atoms with E-state index in [9.17, 15) is 9.59 Å². The number of rotatable bonds is 5. The molecule has 22 heavy (non-hydrogen) atoms. The van der Waals surface area contributed by atoms with Crippen molar-refractivity contribution in [3.63, 3.8) is 0 Å².